The van der Waals surface area contributed by atoms with Crippen LogP contribution >= 0.6 is 0 Å². The number of nitro benzene ring substituents is 1. The van der Waals surface area contributed by atoms with Crippen molar-refractivity contribution in [1.29, 1.82) is 0 Å². The Hall–Kier alpha value is -2.24. The third-order valence-electron chi connectivity index (χ3n) is 1.86. The van der Waals surface area contributed by atoms with Gasteiger partial charge in [-0.2, -0.15) is 5.10 Å². The number of carbonyl (C=O) groups excluding carboxylic acids is 1. The molecule has 0 aliphatic rings. The molecular weight excluding hydrogens is 210 g/mol. The largest absolute Gasteiger partial charge is 0.274 e. The van der Waals surface area contributed by atoms with Crippen LogP contribution in [-0.4, -0.2) is 16.5 Å². The lowest BCUT2D eigenvalue weighted by molar-refractivity contribution is -0.384. The molecule has 1 N–H and O–H groups in total. The standard InChI is InChI=1S/C10H11N3O3/c1-7(11-12-8(2)14)9-4-3-5-10(6-9)13(15)16/h3-6H,1-2H3,(H,12,14)/b11-7-. The Morgan fingerprint density at radius 2 is 2.12 bits per heavy atom. The second kappa shape index (κ2) is 5.01. The maximum Gasteiger partial charge on any atom is 0.270 e. The Morgan fingerprint density at radius 1 is 1.44 bits per heavy atom. The van der Waals surface area contributed by atoms with Gasteiger partial charge in [-0.1, -0.05) is 12.1 Å². The summed E-state index contributed by atoms with van der Waals surface area (Å²) in [7, 11) is 0. The fourth-order valence-electron chi connectivity index (χ4n) is 1.07. The van der Waals surface area contributed by atoms with E-state index >= 15 is 0 Å². The smallest absolute Gasteiger partial charge is 0.270 e. The van der Waals surface area contributed by atoms with Crippen LogP contribution in [0.25, 0.3) is 0 Å². The molecule has 1 aromatic rings. The summed E-state index contributed by atoms with van der Waals surface area (Å²) in [6, 6.07) is 6.06. The van der Waals surface area contributed by atoms with Crippen molar-refractivity contribution in [1.82, 2.24) is 5.43 Å². The monoisotopic (exact) mass is 221 g/mol. The molecule has 0 saturated heterocycles. The number of hydrogen-bond acceptors (Lipinski definition) is 4. The van der Waals surface area contributed by atoms with Crippen LogP contribution in [0.3, 0.4) is 0 Å². The highest BCUT2D eigenvalue weighted by atomic mass is 16.6. The molecule has 0 spiro atoms. The summed E-state index contributed by atoms with van der Waals surface area (Å²) in [5.41, 5.74) is 3.38. The number of nitro groups is 1. The van der Waals surface area contributed by atoms with E-state index in [1.165, 1.54) is 19.1 Å². The molecule has 16 heavy (non-hydrogen) atoms. The fraction of sp³-hybridized carbons (Fsp3) is 0.200. The predicted octanol–water partition coefficient (Wildman–Crippen LogP) is 1.45. The maximum atomic E-state index is 10.6. The first kappa shape index (κ1) is 11.8. The average molecular weight is 221 g/mol. The zero-order valence-electron chi connectivity index (χ0n) is 8.93. The normalized spacial score (nSPS) is 11.0. The summed E-state index contributed by atoms with van der Waals surface area (Å²) < 4.78 is 0. The van der Waals surface area contributed by atoms with Crippen molar-refractivity contribution in [3.05, 3.63) is 39.9 Å². The van der Waals surface area contributed by atoms with Gasteiger partial charge in [-0.25, -0.2) is 5.43 Å². The summed E-state index contributed by atoms with van der Waals surface area (Å²) >= 11 is 0. The first-order chi connectivity index (χ1) is 7.50. The minimum atomic E-state index is -0.477. The minimum absolute atomic E-state index is 0.00475. The van der Waals surface area contributed by atoms with Gasteiger partial charge in [0.2, 0.25) is 5.91 Å². The van der Waals surface area contributed by atoms with E-state index in [0.29, 0.717) is 11.3 Å². The number of nitrogens with one attached hydrogen (secondary N) is 1. The molecule has 1 aromatic carbocycles. The second-order valence-electron chi connectivity index (χ2n) is 3.17. The van der Waals surface area contributed by atoms with Crippen molar-refractivity contribution >= 4 is 17.3 Å². The number of non-ortho nitro benzene ring substituents is 1. The van der Waals surface area contributed by atoms with E-state index in [1.807, 2.05) is 0 Å². The van der Waals surface area contributed by atoms with Crippen molar-refractivity contribution in [2.24, 2.45) is 5.10 Å². The Labute approximate surface area is 92.1 Å². The SMILES string of the molecule is CC(=O)N/N=C(/C)c1cccc([N+](=O)[O-])c1. The van der Waals surface area contributed by atoms with Crippen LogP contribution < -0.4 is 5.43 Å². The Morgan fingerprint density at radius 3 is 2.69 bits per heavy atom. The quantitative estimate of drug-likeness (QED) is 0.476. The number of amides is 1. The highest BCUT2D eigenvalue weighted by molar-refractivity contribution is 5.99. The van der Waals surface area contributed by atoms with Gasteiger partial charge in [-0.15, -0.1) is 0 Å². The van der Waals surface area contributed by atoms with Gasteiger partial charge in [-0.3, -0.25) is 14.9 Å². The molecule has 0 fully saturated rings. The molecule has 0 aliphatic heterocycles. The van der Waals surface area contributed by atoms with Gasteiger partial charge < -0.3 is 0 Å². The van der Waals surface area contributed by atoms with Crippen molar-refractivity contribution in [3.63, 3.8) is 0 Å². The summed E-state index contributed by atoms with van der Waals surface area (Å²) in [5.74, 6) is -0.287. The topological polar surface area (TPSA) is 84.6 Å². The van der Waals surface area contributed by atoms with E-state index in [4.69, 9.17) is 0 Å². The van der Waals surface area contributed by atoms with Crippen LogP contribution in [0.2, 0.25) is 0 Å². The molecule has 6 nitrogen and oxygen atoms in total. The molecule has 0 bridgehead atoms. The van der Waals surface area contributed by atoms with Crippen LogP contribution in [0.5, 0.6) is 0 Å². The Bertz CT molecular complexity index is 454. The van der Waals surface area contributed by atoms with E-state index in [9.17, 15) is 14.9 Å². The summed E-state index contributed by atoms with van der Waals surface area (Å²) in [6.07, 6.45) is 0. The zero-order valence-corrected chi connectivity index (χ0v) is 8.93. The van der Waals surface area contributed by atoms with Gasteiger partial charge in [0.25, 0.3) is 5.69 Å². The Balaban J connectivity index is 2.95. The lowest BCUT2D eigenvalue weighted by Gasteiger charge is -2.00. The number of hydrogen-bond donors (Lipinski definition) is 1. The predicted molar refractivity (Wildman–Crippen MR) is 59.1 cm³/mol. The highest BCUT2D eigenvalue weighted by Crippen LogP contribution is 2.13. The van der Waals surface area contributed by atoms with Crippen molar-refractivity contribution in [3.8, 4) is 0 Å². The molecule has 0 aliphatic carbocycles. The summed E-state index contributed by atoms with van der Waals surface area (Å²) in [6.45, 7) is 3.00. The molecule has 1 rings (SSSR count). The van der Waals surface area contributed by atoms with E-state index in [0.717, 1.165) is 0 Å². The fourth-order valence-corrected chi connectivity index (χ4v) is 1.07. The number of benzene rings is 1. The molecule has 0 saturated carbocycles. The second-order valence-corrected chi connectivity index (χ2v) is 3.17. The Kier molecular flexibility index (Phi) is 3.71. The third-order valence-corrected chi connectivity index (χ3v) is 1.86. The molecule has 0 heterocycles. The van der Waals surface area contributed by atoms with Crippen LogP contribution in [-0.2, 0) is 4.79 Å². The van der Waals surface area contributed by atoms with Crippen LogP contribution in [0, 0.1) is 10.1 Å². The molecular formula is C10H11N3O3. The number of hydrazone groups is 1. The number of nitrogens with zero attached hydrogens (tertiary/aromatic N) is 2. The van der Waals surface area contributed by atoms with Crippen molar-refractivity contribution < 1.29 is 9.72 Å². The van der Waals surface area contributed by atoms with Crippen LogP contribution in [0.4, 0.5) is 5.69 Å². The highest BCUT2D eigenvalue weighted by Gasteiger charge is 2.07. The lowest BCUT2D eigenvalue weighted by atomic mass is 10.1. The summed E-state index contributed by atoms with van der Waals surface area (Å²) in [5, 5.41) is 14.3. The third kappa shape index (κ3) is 3.16. The average Bonchev–Trinajstić information content (AvgIpc) is 2.26. The van der Waals surface area contributed by atoms with Gasteiger partial charge in [0.1, 0.15) is 0 Å². The molecule has 0 radical (unpaired) electrons. The van der Waals surface area contributed by atoms with Crippen molar-refractivity contribution in [2.45, 2.75) is 13.8 Å². The molecule has 0 unspecified atom stereocenters. The van der Waals surface area contributed by atoms with Gasteiger partial charge in [-0.05, 0) is 6.92 Å². The molecule has 0 aromatic heterocycles. The van der Waals surface area contributed by atoms with Gasteiger partial charge >= 0.3 is 0 Å². The van der Waals surface area contributed by atoms with Gasteiger partial charge in [0.15, 0.2) is 0 Å². The van der Waals surface area contributed by atoms with Crippen molar-refractivity contribution in [2.75, 3.05) is 0 Å². The summed E-state index contributed by atoms with van der Waals surface area (Å²) in [4.78, 5) is 20.7. The zero-order chi connectivity index (χ0) is 12.1. The first-order valence-corrected chi connectivity index (χ1v) is 4.56. The minimum Gasteiger partial charge on any atom is -0.274 e. The molecule has 84 valence electrons. The molecule has 0 atom stereocenters. The van der Waals surface area contributed by atoms with E-state index < -0.39 is 4.92 Å². The van der Waals surface area contributed by atoms with E-state index in [2.05, 4.69) is 10.5 Å². The van der Waals surface area contributed by atoms with E-state index in [-0.39, 0.29) is 11.6 Å². The van der Waals surface area contributed by atoms with Crippen LogP contribution in [0.15, 0.2) is 29.4 Å². The maximum absolute atomic E-state index is 10.6. The van der Waals surface area contributed by atoms with Gasteiger partial charge in [0, 0.05) is 24.6 Å². The lowest BCUT2D eigenvalue weighted by Crippen LogP contribution is -2.15. The van der Waals surface area contributed by atoms with Gasteiger partial charge in [0.05, 0.1) is 10.6 Å². The first-order valence-electron chi connectivity index (χ1n) is 4.56. The number of rotatable bonds is 3. The number of carbonyl (C=O) groups is 1. The molecule has 1 amide bonds. The van der Waals surface area contributed by atoms with Crippen LogP contribution in [0.1, 0.15) is 19.4 Å². The molecule has 6 heteroatoms. The van der Waals surface area contributed by atoms with E-state index in [1.54, 1.807) is 19.1 Å².